The second kappa shape index (κ2) is 4.52. The lowest BCUT2D eigenvalue weighted by atomic mass is 10.3. The molecule has 0 atom stereocenters. The summed E-state index contributed by atoms with van der Waals surface area (Å²) in [5, 5.41) is 4.13. The number of nitrogens with one attached hydrogen (secondary N) is 1. The van der Waals surface area contributed by atoms with Crippen molar-refractivity contribution in [1.29, 1.82) is 0 Å². The molecule has 0 bridgehead atoms. The maximum Gasteiger partial charge on any atom is 0.208 e. The fraction of sp³-hybridized carbons (Fsp3) is 0.600. The zero-order chi connectivity index (χ0) is 11.5. The summed E-state index contributed by atoms with van der Waals surface area (Å²) in [6, 6.07) is 0.461. The number of guanidine groups is 1. The zero-order valence-electron chi connectivity index (χ0n) is 9.72. The first-order valence-corrected chi connectivity index (χ1v) is 5.42. The van der Waals surface area contributed by atoms with Crippen LogP contribution in [0.4, 0.5) is 0 Å². The molecule has 1 aliphatic rings. The number of hydrogen-bond acceptors (Lipinski definition) is 3. The summed E-state index contributed by atoms with van der Waals surface area (Å²) in [7, 11) is 3.87. The molecule has 0 amide bonds. The minimum absolute atomic E-state index is 0.461. The Morgan fingerprint density at radius 2 is 2.50 bits per heavy atom. The van der Waals surface area contributed by atoms with E-state index in [4.69, 9.17) is 5.84 Å². The number of hydrazine groups is 1. The summed E-state index contributed by atoms with van der Waals surface area (Å²) < 4.78 is 1.79. The molecule has 1 heterocycles. The van der Waals surface area contributed by atoms with Gasteiger partial charge >= 0.3 is 0 Å². The van der Waals surface area contributed by atoms with Crippen molar-refractivity contribution in [2.75, 3.05) is 7.05 Å². The van der Waals surface area contributed by atoms with Crippen molar-refractivity contribution in [3.8, 4) is 0 Å². The number of aryl methyl sites for hydroxylation is 1. The fourth-order valence-corrected chi connectivity index (χ4v) is 1.52. The molecule has 0 radical (unpaired) electrons. The summed E-state index contributed by atoms with van der Waals surface area (Å²) in [6.45, 7) is 0.754. The Balaban J connectivity index is 1.97. The molecule has 6 nitrogen and oxygen atoms in total. The Hall–Kier alpha value is -1.56. The highest BCUT2D eigenvalue weighted by Crippen LogP contribution is 2.23. The molecule has 0 aromatic carbocycles. The Kier molecular flexibility index (Phi) is 3.09. The maximum atomic E-state index is 5.47. The van der Waals surface area contributed by atoms with E-state index in [1.54, 1.807) is 4.68 Å². The third-order valence-electron chi connectivity index (χ3n) is 2.52. The molecular formula is C10H18N6. The van der Waals surface area contributed by atoms with Crippen molar-refractivity contribution in [3.63, 3.8) is 0 Å². The summed E-state index contributed by atoms with van der Waals surface area (Å²) in [5.41, 5.74) is 3.79. The van der Waals surface area contributed by atoms with Gasteiger partial charge in [0, 0.05) is 32.4 Å². The molecule has 1 saturated carbocycles. The molecule has 0 saturated heterocycles. The average molecular weight is 222 g/mol. The van der Waals surface area contributed by atoms with Gasteiger partial charge in [-0.15, -0.1) is 0 Å². The van der Waals surface area contributed by atoms with Gasteiger partial charge in [-0.1, -0.05) is 0 Å². The van der Waals surface area contributed by atoms with E-state index < -0.39 is 0 Å². The topological polar surface area (TPSA) is 71.5 Å². The highest BCUT2D eigenvalue weighted by molar-refractivity contribution is 5.79. The van der Waals surface area contributed by atoms with Gasteiger partial charge in [0.15, 0.2) is 0 Å². The standard InChI is InChI=1S/C10H18N6/c1-15(6-8-5-12-16(2)7-8)10(14-11)13-9-3-4-9/h5,7,9H,3-4,6,11H2,1-2H3,(H,13,14). The van der Waals surface area contributed by atoms with Crippen LogP contribution in [0.5, 0.6) is 0 Å². The van der Waals surface area contributed by atoms with Gasteiger partial charge in [0.2, 0.25) is 5.96 Å². The van der Waals surface area contributed by atoms with Crippen LogP contribution >= 0.6 is 0 Å². The Labute approximate surface area is 95.1 Å². The van der Waals surface area contributed by atoms with Crippen LogP contribution < -0.4 is 11.3 Å². The number of rotatable bonds is 3. The molecule has 0 unspecified atom stereocenters. The van der Waals surface area contributed by atoms with Gasteiger partial charge in [-0.2, -0.15) is 5.10 Å². The van der Waals surface area contributed by atoms with E-state index >= 15 is 0 Å². The highest BCUT2D eigenvalue weighted by Gasteiger charge is 2.22. The lowest BCUT2D eigenvalue weighted by Crippen LogP contribution is -2.42. The number of nitrogens with zero attached hydrogens (tertiary/aromatic N) is 4. The van der Waals surface area contributed by atoms with Gasteiger partial charge in [0.05, 0.1) is 12.2 Å². The minimum Gasteiger partial charge on any atom is -0.341 e. The normalized spacial score (nSPS) is 16.3. The Morgan fingerprint density at radius 3 is 3.00 bits per heavy atom. The summed E-state index contributed by atoms with van der Waals surface area (Å²) in [5.74, 6) is 6.21. The zero-order valence-corrected chi connectivity index (χ0v) is 9.72. The fourth-order valence-electron chi connectivity index (χ4n) is 1.52. The highest BCUT2D eigenvalue weighted by atomic mass is 15.4. The largest absolute Gasteiger partial charge is 0.341 e. The summed E-state index contributed by atoms with van der Waals surface area (Å²) in [4.78, 5) is 6.48. The minimum atomic E-state index is 0.461. The van der Waals surface area contributed by atoms with E-state index in [1.807, 2.05) is 31.4 Å². The third kappa shape index (κ3) is 2.73. The van der Waals surface area contributed by atoms with Crippen LogP contribution in [0, 0.1) is 0 Å². The first kappa shape index (κ1) is 10.9. The summed E-state index contributed by atoms with van der Waals surface area (Å²) >= 11 is 0. The molecule has 1 aromatic rings. The van der Waals surface area contributed by atoms with Crippen molar-refractivity contribution in [2.24, 2.45) is 17.9 Å². The smallest absolute Gasteiger partial charge is 0.208 e. The van der Waals surface area contributed by atoms with Crippen molar-refractivity contribution in [3.05, 3.63) is 18.0 Å². The van der Waals surface area contributed by atoms with Crippen LogP contribution in [0.1, 0.15) is 18.4 Å². The lowest BCUT2D eigenvalue weighted by Gasteiger charge is -2.19. The number of nitrogens with two attached hydrogens (primary N) is 1. The molecule has 0 aliphatic heterocycles. The van der Waals surface area contributed by atoms with Gasteiger partial charge in [-0.05, 0) is 12.8 Å². The van der Waals surface area contributed by atoms with Crippen LogP contribution in [-0.4, -0.2) is 33.7 Å². The number of aliphatic imine (C=N–C) groups is 1. The molecule has 3 N–H and O–H groups in total. The van der Waals surface area contributed by atoms with Crippen LogP contribution in [0.3, 0.4) is 0 Å². The lowest BCUT2D eigenvalue weighted by molar-refractivity contribution is 0.476. The number of hydrogen-bond donors (Lipinski definition) is 2. The molecule has 16 heavy (non-hydrogen) atoms. The van der Waals surface area contributed by atoms with Crippen LogP contribution in [-0.2, 0) is 13.6 Å². The van der Waals surface area contributed by atoms with Gasteiger partial charge in [-0.3, -0.25) is 10.1 Å². The Bertz CT molecular complexity index is 378. The predicted molar refractivity (Wildman–Crippen MR) is 62.5 cm³/mol. The van der Waals surface area contributed by atoms with E-state index in [1.165, 1.54) is 12.8 Å². The molecule has 1 aliphatic carbocycles. The number of aromatic nitrogens is 2. The monoisotopic (exact) mass is 222 g/mol. The van der Waals surface area contributed by atoms with Crippen molar-refractivity contribution >= 4 is 5.96 Å². The molecular weight excluding hydrogens is 204 g/mol. The maximum absolute atomic E-state index is 5.47. The van der Waals surface area contributed by atoms with Crippen molar-refractivity contribution < 1.29 is 0 Å². The first-order chi connectivity index (χ1) is 7.69. The summed E-state index contributed by atoms with van der Waals surface area (Å²) in [6.07, 6.45) is 6.18. The van der Waals surface area contributed by atoms with E-state index in [0.717, 1.165) is 18.1 Å². The predicted octanol–water partition coefficient (Wildman–Crippen LogP) is -0.166. The van der Waals surface area contributed by atoms with Crippen LogP contribution in [0.25, 0.3) is 0 Å². The molecule has 88 valence electrons. The van der Waals surface area contributed by atoms with Gasteiger partial charge in [0.25, 0.3) is 0 Å². The second-order valence-corrected chi connectivity index (χ2v) is 4.21. The quantitative estimate of drug-likeness (QED) is 0.322. The molecule has 1 aromatic heterocycles. The SMILES string of the molecule is CN(Cc1cnn(C)c1)C(=NC1CC1)NN. The second-order valence-electron chi connectivity index (χ2n) is 4.21. The molecule has 1 fully saturated rings. The Morgan fingerprint density at radius 1 is 1.75 bits per heavy atom. The van der Waals surface area contributed by atoms with Crippen molar-refractivity contribution in [2.45, 2.75) is 25.4 Å². The van der Waals surface area contributed by atoms with Crippen LogP contribution in [0.2, 0.25) is 0 Å². The molecule has 2 rings (SSSR count). The average Bonchev–Trinajstić information content (AvgIpc) is 2.98. The third-order valence-corrected chi connectivity index (χ3v) is 2.52. The van der Waals surface area contributed by atoms with E-state index in [2.05, 4.69) is 15.5 Å². The van der Waals surface area contributed by atoms with E-state index in [0.29, 0.717) is 6.04 Å². The molecule has 0 spiro atoms. The van der Waals surface area contributed by atoms with Gasteiger partial charge in [0.1, 0.15) is 0 Å². The van der Waals surface area contributed by atoms with E-state index in [9.17, 15) is 0 Å². The van der Waals surface area contributed by atoms with Gasteiger partial charge < -0.3 is 4.90 Å². The van der Waals surface area contributed by atoms with Gasteiger partial charge in [-0.25, -0.2) is 10.8 Å². The van der Waals surface area contributed by atoms with Crippen LogP contribution in [0.15, 0.2) is 17.4 Å². The molecule has 6 heteroatoms. The van der Waals surface area contributed by atoms with Crippen molar-refractivity contribution in [1.82, 2.24) is 20.1 Å². The van der Waals surface area contributed by atoms with E-state index in [-0.39, 0.29) is 0 Å². The first-order valence-electron chi connectivity index (χ1n) is 5.42.